The first kappa shape index (κ1) is 22.6. The third-order valence-corrected chi connectivity index (χ3v) is 5.17. The predicted octanol–water partition coefficient (Wildman–Crippen LogP) is 0.997. The van der Waals surface area contributed by atoms with E-state index in [1.807, 2.05) is 19.1 Å². The monoisotopic (exact) mass is 461 g/mol. The van der Waals surface area contributed by atoms with Gasteiger partial charge in [0.2, 0.25) is 5.84 Å². The Bertz CT molecular complexity index is 1380. The molecule has 0 bridgehead atoms. The topological polar surface area (TPSA) is 138 Å². The Balaban J connectivity index is 1.51. The number of aryl methyl sites for hydroxylation is 1. The van der Waals surface area contributed by atoms with Gasteiger partial charge in [-0.3, -0.25) is 40.4 Å². The fraction of sp³-hybridized carbons (Fsp3) is 0.217. The predicted molar refractivity (Wildman–Crippen MR) is 126 cm³/mol. The Morgan fingerprint density at radius 1 is 0.971 bits per heavy atom. The number of carbonyl (C=O) groups excluding carboxylic acids is 3. The van der Waals surface area contributed by atoms with Crippen LogP contribution in [0.25, 0.3) is 10.8 Å². The van der Waals surface area contributed by atoms with Gasteiger partial charge in [0.25, 0.3) is 17.4 Å². The van der Waals surface area contributed by atoms with E-state index >= 15 is 0 Å². The maximum Gasteiger partial charge on any atom is 0.306 e. The van der Waals surface area contributed by atoms with Gasteiger partial charge in [0, 0.05) is 5.39 Å². The van der Waals surface area contributed by atoms with Crippen molar-refractivity contribution in [3.63, 3.8) is 0 Å². The average Bonchev–Trinajstić information content (AvgIpc) is 2.83. The molecule has 0 fully saturated rings. The summed E-state index contributed by atoms with van der Waals surface area (Å²) < 4.78 is 1.22. The molecule has 0 aliphatic carbocycles. The van der Waals surface area contributed by atoms with Gasteiger partial charge in [0.1, 0.15) is 6.54 Å². The van der Waals surface area contributed by atoms with E-state index in [9.17, 15) is 19.2 Å². The fourth-order valence-electron chi connectivity index (χ4n) is 3.40. The number of rotatable bonds is 4. The molecule has 0 spiro atoms. The number of carbonyl (C=O) groups is 3. The van der Waals surface area contributed by atoms with Crippen molar-refractivity contribution in [2.45, 2.75) is 26.8 Å². The Labute approximate surface area is 194 Å². The zero-order valence-corrected chi connectivity index (χ0v) is 18.8. The van der Waals surface area contributed by atoms with Gasteiger partial charge >= 0.3 is 5.91 Å². The summed E-state index contributed by atoms with van der Waals surface area (Å²) in [7, 11) is 0. The summed E-state index contributed by atoms with van der Waals surface area (Å²) in [6.45, 7) is 5.24. The number of hydrogen-bond acceptors (Lipinski definition) is 7. The van der Waals surface area contributed by atoms with Crippen molar-refractivity contribution in [1.82, 2.24) is 26.1 Å². The summed E-state index contributed by atoms with van der Waals surface area (Å²) >= 11 is 0. The summed E-state index contributed by atoms with van der Waals surface area (Å²) in [6, 6.07) is 13.5. The van der Waals surface area contributed by atoms with E-state index < -0.39 is 11.8 Å². The van der Waals surface area contributed by atoms with Crippen LogP contribution in [-0.2, 0) is 9.59 Å². The van der Waals surface area contributed by atoms with Crippen molar-refractivity contribution in [2.75, 3.05) is 11.6 Å². The molecular formula is C23H23N7O4. The molecule has 4 rings (SSSR count). The van der Waals surface area contributed by atoms with E-state index in [1.54, 1.807) is 50.2 Å². The van der Waals surface area contributed by atoms with Crippen LogP contribution in [0.5, 0.6) is 0 Å². The van der Waals surface area contributed by atoms with Crippen molar-refractivity contribution in [2.24, 2.45) is 4.99 Å². The van der Waals surface area contributed by atoms with Gasteiger partial charge in [0.05, 0.1) is 17.1 Å². The molecule has 1 aliphatic heterocycles. The Hall–Kier alpha value is -4.54. The van der Waals surface area contributed by atoms with Crippen LogP contribution < -0.4 is 26.8 Å². The number of hydrogen-bond donors (Lipinski definition) is 3. The molecule has 3 N–H and O–H groups in total. The number of anilines is 1. The third kappa shape index (κ3) is 4.35. The molecule has 1 aromatic heterocycles. The molecule has 3 amide bonds. The van der Waals surface area contributed by atoms with Crippen LogP contribution in [0.15, 0.2) is 58.3 Å². The normalized spacial score (nSPS) is 13.5. The van der Waals surface area contributed by atoms with Gasteiger partial charge in [0.15, 0.2) is 5.69 Å². The summed E-state index contributed by atoms with van der Waals surface area (Å²) in [5.74, 6) is -1.94. The summed E-state index contributed by atoms with van der Waals surface area (Å²) in [4.78, 5) is 54.4. The second kappa shape index (κ2) is 9.14. The number of nitrogens with one attached hydrogen (secondary N) is 3. The van der Waals surface area contributed by atoms with Crippen LogP contribution in [0.4, 0.5) is 5.69 Å². The highest BCUT2D eigenvalue weighted by Gasteiger charge is 2.26. The zero-order chi connectivity index (χ0) is 24.4. The minimum absolute atomic E-state index is 0.0146. The average molecular weight is 461 g/mol. The fourth-order valence-corrected chi connectivity index (χ4v) is 3.40. The Kier molecular flexibility index (Phi) is 6.09. The number of benzene rings is 2. The largest absolute Gasteiger partial charge is 0.306 e. The number of amidine groups is 1. The minimum Gasteiger partial charge on any atom is -0.270 e. The number of hydrazine groups is 2. The molecule has 0 saturated carbocycles. The number of fused-ring (bicyclic) bond motifs is 1. The zero-order valence-electron chi connectivity index (χ0n) is 18.8. The highest BCUT2D eigenvalue weighted by Crippen LogP contribution is 2.16. The van der Waals surface area contributed by atoms with Crippen LogP contribution in [0.3, 0.4) is 0 Å². The molecule has 11 heteroatoms. The molecule has 0 atom stereocenters. The van der Waals surface area contributed by atoms with Crippen molar-refractivity contribution in [3.05, 3.63) is 70.1 Å². The quantitative estimate of drug-likeness (QED) is 0.496. The van der Waals surface area contributed by atoms with E-state index in [0.29, 0.717) is 16.5 Å². The summed E-state index contributed by atoms with van der Waals surface area (Å²) in [5, 5.41) is 6.12. The molecule has 3 aromatic rings. The van der Waals surface area contributed by atoms with Gasteiger partial charge in [-0.2, -0.15) is 5.10 Å². The van der Waals surface area contributed by atoms with Crippen LogP contribution in [0.1, 0.15) is 35.9 Å². The van der Waals surface area contributed by atoms with Crippen LogP contribution in [0.2, 0.25) is 0 Å². The maximum absolute atomic E-state index is 12.9. The standard InChI is InChI=1S/C23H23N7O4/c1-13(2)29-23(34)17-7-5-4-6-16(17)19(27-29)21(32)25-26-22(33)20-24-12-18(31)30(28-20)15-10-8-14(3)9-11-15/h4-11,13H,12H2,1-3H3,(H,24,28)(H,25,32)(H,26,33). The second-order valence-corrected chi connectivity index (χ2v) is 7.99. The molecule has 0 unspecified atom stereocenters. The Morgan fingerprint density at radius 3 is 2.29 bits per heavy atom. The lowest BCUT2D eigenvalue weighted by atomic mass is 10.1. The van der Waals surface area contributed by atoms with Gasteiger partial charge in [-0.1, -0.05) is 35.9 Å². The lowest BCUT2D eigenvalue weighted by Gasteiger charge is -2.27. The molecule has 0 saturated heterocycles. The van der Waals surface area contributed by atoms with Gasteiger partial charge in [-0.15, -0.1) is 0 Å². The molecular weight excluding hydrogens is 438 g/mol. The first-order chi connectivity index (χ1) is 16.3. The van der Waals surface area contributed by atoms with Crippen LogP contribution in [0, 0.1) is 6.92 Å². The maximum atomic E-state index is 12.9. The van der Waals surface area contributed by atoms with E-state index in [4.69, 9.17) is 0 Å². The summed E-state index contributed by atoms with van der Waals surface area (Å²) in [5.41, 5.74) is 8.50. The molecule has 34 heavy (non-hydrogen) atoms. The molecule has 2 aromatic carbocycles. The molecule has 2 heterocycles. The van der Waals surface area contributed by atoms with E-state index in [1.165, 1.54) is 9.69 Å². The van der Waals surface area contributed by atoms with Gasteiger partial charge in [-0.25, -0.2) is 9.69 Å². The lowest BCUT2D eigenvalue weighted by molar-refractivity contribution is -0.118. The van der Waals surface area contributed by atoms with Crippen molar-refractivity contribution in [1.29, 1.82) is 0 Å². The van der Waals surface area contributed by atoms with Gasteiger partial charge in [-0.05, 0) is 39.0 Å². The number of aromatic nitrogens is 2. The highest BCUT2D eigenvalue weighted by molar-refractivity contribution is 6.39. The van der Waals surface area contributed by atoms with E-state index in [0.717, 1.165) is 5.56 Å². The van der Waals surface area contributed by atoms with E-state index in [2.05, 4.69) is 26.4 Å². The van der Waals surface area contributed by atoms with E-state index in [-0.39, 0.29) is 35.6 Å². The number of amides is 3. The molecule has 1 aliphatic rings. The van der Waals surface area contributed by atoms with Crippen molar-refractivity contribution < 1.29 is 14.4 Å². The lowest BCUT2D eigenvalue weighted by Crippen LogP contribution is -2.58. The minimum atomic E-state index is -0.751. The van der Waals surface area contributed by atoms with Crippen LogP contribution in [-0.4, -0.2) is 39.9 Å². The highest BCUT2D eigenvalue weighted by atomic mass is 16.2. The molecule has 11 nitrogen and oxygen atoms in total. The number of aliphatic imine (C=N–C) groups is 1. The third-order valence-electron chi connectivity index (χ3n) is 5.17. The second-order valence-electron chi connectivity index (χ2n) is 7.99. The van der Waals surface area contributed by atoms with Crippen LogP contribution >= 0.6 is 0 Å². The smallest absolute Gasteiger partial charge is 0.270 e. The van der Waals surface area contributed by atoms with Gasteiger partial charge < -0.3 is 0 Å². The SMILES string of the molecule is Cc1ccc(N2NC(C(=O)NNC(=O)c3nn(C(C)C)c(=O)c4ccccc34)=NCC2=O)cc1. The first-order valence-electron chi connectivity index (χ1n) is 10.6. The first-order valence-corrected chi connectivity index (χ1v) is 10.6. The Morgan fingerprint density at radius 2 is 1.62 bits per heavy atom. The summed E-state index contributed by atoms with van der Waals surface area (Å²) in [6.07, 6.45) is 0. The molecule has 0 radical (unpaired) electrons. The number of nitrogens with zero attached hydrogens (tertiary/aromatic N) is 4. The van der Waals surface area contributed by atoms with Crippen molar-refractivity contribution >= 4 is 40.0 Å². The molecule has 174 valence electrons. The van der Waals surface area contributed by atoms with Crippen molar-refractivity contribution in [3.8, 4) is 0 Å².